The number of rotatable bonds is 4. The third kappa shape index (κ3) is 4.48. The van der Waals surface area contributed by atoms with Gasteiger partial charge in [0.25, 0.3) is 8.32 Å². The van der Waals surface area contributed by atoms with Crippen LogP contribution in [0.25, 0.3) is 0 Å². The van der Waals surface area contributed by atoms with E-state index < -0.39 is 8.32 Å². The topological polar surface area (TPSA) is 61.3 Å². The molecule has 6 heteroatoms. The summed E-state index contributed by atoms with van der Waals surface area (Å²) in [7, 11) is -2.57. The highest BCUT2D eigenvalue weighted by Gasteiger charge is 2.52. The first-order valence-electron chi connectivity index (χ1n) is 8.84. The van der Waals surface area contributed by atoms with Gasteiger partial charge in [-0.2, -0.15) is 0 Å². The smallest absolute Gasteiger partial charge is 0.261 e. The van der Waals surface area contributed by atoms with Crippen LogP contribution in [0.3, 0.4) is 0 Å². The van der Waals surface area contributed by atoms with Crippen LogP contribution in [0.2, 0.25) is 5.04 Å². The van der Waals surface area contributed by atoms with Crippen LogP contribution < -0.4 is 21.8 Å². The molecule has 0 heterocycles. The maximum Gasteiger partial charge on any atom is 0.261 e. The predicted octanol–water partition coefficient (Wildman–Crippen LogP) is 3.00. The zero-order valence-corrected chi connectivity index (χ0v) is 18.7. The van der Waals surface area contributed by atoms with Gasteiger partial charge in [-0.25, -0.2) is 0 Å². The fourth-order valence-corrected chi connectivity index (χ4v) is 8.39. The van der Waals surface area contributed by atoms with Crippen LogP contribution in [0.15, 0.2) is 72.8 Å². The van der Waals surface area contributed by atoms with Gasteiger partial charge in [0.1, 0.15) is 0 Å². The number of nitrogens with two attached hydrogens (primary N) is 2. The van der Waals surface area contributed by atoms with E-state index in [0.717, 1.165) is 0 Å². The first-order chi connectivity index (χ1) is 11.9. The Morgan fingerprint density at radius 1 is 0.778 bits per heavy atom. The lowest BCUT2D eigenvalue weighted by atomic mass is 10.2. The molecule has 0 aromatic heterocycles. The highest BCUT2D eigenvalue weighted by atomic mass is 35.5. The van der Waals surface area contributed by atoms with Crippen molar-refractivity contribution in [2.45, 2.75) is 44.0 Å². The standard InChI is InChI=1S/C21H28N2OSi.2ClH/c1-21(2,3)25(16-10-6-4-7-11-16,17-12-8-5-9-13-17)24-19-15-14-18(22)20(19)23;;/h4-15,18-20H,22-23H2,1-3H3;2*1H/t18-,19-,20+;;/m1../s1. The zero-order valence-electron chi connectivity index (χ0n) is 16.0. The van der Waals surface area contributed by atoms with Gasteiger partial charge in [-0.1, -0.05) is 93.6 Å². The molecule has 0 radical (unpaired) electrons. The average molecular weight is 425 g/mol. The molecule has 3 nitrogen and oxygen atoms in total. The van der Waals surface area contributed by atoms with Crippen LogP contribution in [0, 0.1) is 0 Å². The van der Waals surface area contributed by atoms with Gasteiger partial charge in [0.15, 0.2) is 0 Å². The summed E-state index contributed by atoms with van der Waals surface area (Å²) in [4.78, 5) is 0. The van der Waals surface area contributed by atoms with Crippen molar-refractivity contribution in [1.29, 1.82) is 0 Å². The van der Waals surface area contributed by atoms with Crippen LogP contribution >= 0.6 is 24.8 Å². The van der Waals surface area contributed by atoms with Crippen LogP contribution in [0.1, 0.15) is 20.8 Å². The maximum absolute atomic E-state index is 6.97. The molecule has 27 heavy (non-hydrogen) atoms. The Hall–Kier alpha value is -1.14. The normalized spacial score (nSPS) is 22.0. The summed E-state index contributed by atoms with van der Waals surface area (Å²) < 4.78 is 6.97. The molecule has 2 aromatic rings. The molecule has 0 spiro atoms. The quantitative estimate of drug-likeness (QED) is 0.585. The van der Waals surface area contributed by atoms with Gasteiger partial charge in [0, 0.05) is 6.04 Å². The van der Waals surface area contributed by atoms with Crippen molar-refractivity contribution in [2.75, 3.05) is 0 Å². The van der Waals surface area contributed by atoms with Crippen molar-refractivity contribution >= 4 is 43.5 Å². The van der Waals surface area contributed by atoms with Crippen LogP contribution in [-0.4, -0.2) is 26.5 Å². The molecule has 0 saturated heterocycles. The minimum absolute atomic E-state index is 0. The lowest BCUT2D eigenvalue weighted by Crippen LogP contribution is -2.68. The average Bonchev–Trinajstić information content (AvgIpc) is 2.92. The molecule has 1 aliphatic rings. The highest BCUT2D eigenvalue weighted by Crippen LogP contribution is 2.38. The highest BCUT2D eigenvalue weighted by molar-refractivity contribution is 6.99. The van der Waals surface area contributed by atoms with Crippen molar-refractivity contribution < 1.29 is 4.43 Å². The van der Waals surface area contributed by atoms with Gasteiger partial charge >= 0.3 is 0 Å². The van der Waals surface area contributed by atoms with Gasteiger partial charge in [0.2, 0.25) is 0 Å². The van der Waals surface area contributed by atoms with E-state index in [1.165, 1.54) is 10.4 Å². The summed E-state index contributed by atoms with van der Waals surface area (Å²) in [5, 5.41) is 2.46. The molecule has 3 rings (SSSR count). The third-order valence-corrected chi connectivity index (χ3v) is 10.1. The molecule has 4 N–H and O–H groups in total. The summed E-state index contributed by atoms with van der Waals surface area (Å²) in [6.45, 7) is 6.80. The molecule has 0 saturated carbocycles. The lowest BCUT2D eigenvalue weighted by Gasteiger charge is -2.45. The summed E-state index contributed by atoms with van der Waals surface area (Å²) in [5.41, 5.74) is 12.4. The van der Waals surface area contributed by atoms with Gasteiger partial charge in [0.05, 0.1) is 12.1 Å². The van der Waals surface area contributed by atoms with Gasteiger partial charge in [-0.3, -0.25) is 0 Å². The second-order valence-corrected chi connectivity index (χ2v) is 12.0. The SMILES string of the molecule is CC(C)(C)[Si](O[C@@H]1C=C[C@@H](N)[C@@H]1N)(c1ccccc1)c1ccccc1.Cl.Cl. The molecule has 2 aromatic carbocycles. The molecule has 0 aliphatic heterocycles. The van der Waals surface area contributed by atoms with Crippen LogP contribution in [0.5, 0.6) is 0 Å². The predicted molar refractivity (Wildman–Crippen MR) is 122 cm³/mol. The first kappa shape index (κ1) is 23.9. The Kier molecular flexibility index (Phi) is 8.29. The van der Waals surface area contributed by atoms with E-state index in [2.05, 4.69) is 69.3 Å². The largest absolute Gasteiger partial charge is 0.399 e. The Labute approximate surface area is 176 Å². The summed E-state index contributed by atoms with van der Waals surface area (Å²) in [6.07, 6.45) is 3.84. The van der Waals surface area contributed by atoms with Crippen molar-refractivity contribution in [3.63, 3.8) is 0 Å². The van der Waals surface area contributed by atoms with E-state index in [1.807, 2.05) is 24.3 Å². The Morgan fingerprint density at radius 2 is 1.22 bits per heavy atom. The molecule has 0 fully saturated rings. The number of halogens is 2. The Bertz CT molecular complexity index is 695. The summed E-state index contributed by atoms with van der Waals surface area (Å²) in [6, 6.07) is 20.9. The Morgan fingerprint density at radius 3 is 1.56 bits per heavy atom. The third-order valence-electron chi connectivity index (χ3n) is 5.08. The number of benzene rings is 2. The van der Waals surface area contributed by atoms with E-state index in [1.54, 1.807) is 0 Å². The van der Waals surface area contributed by atoms with Crippen LogP contribution in [-0.2, 0) is 4.43 Å². The molecule has 0 unspecified atom stereocenters. The molecular weight excluding hydrogens is 395 g/mol. The van der Waals surface area contributed by atoms with Gasteiger partial charge in [-0.05, 0) is 15.4 Å². The monoisotopic (exact) mass is 424 g/mol. The fourth-order valence-electron chi connectivity index (χ4n) is 3.73. The minimum atomic E-state index is -2.57. The molecule has 3 atom stereocenters. The van der Waals surface area contributed by atoms with E-state index in [-0.39, 0.29) is 48.0 Å². The second-order valence-electron chi connectivity index (χ2n) is 7.79. The fraction of sp³-hybridized carbons (Fsp3) is 0.333. The van der Waals surface area contributed by atoms with Gasteiger partial charge < -0.3 is 15.9 Å². The van der Waals surface area contributed by atoms with E-state index >= 15 is 0 Å². The van der Waals surface area contributed by atoms with Crippen LogP contribution in [0.4, 0.5) is 0 Å². The molecule has 148 valence electrons. The molecule has 0 bridgehead atoms. The second kappa shape index (κ2) is 9.37. The van der Waals surface area contributed by atoms with Crippen molar-refractivity contribution in [3.8, 4) is 0 Å². The molecular formula is C21H30Cl2N2OSi. The summed E-state index contributed by atoms with van der Waals surface area (Å²) >= 11 is 0. The minimum Gasteiger partial charge on any atom is -0.399 e. The van der Waals surface area contributed by atoms with Crippen molar-refractivity contribution in [3.05, 3.63) is 72.8 Å². The first-order valence-corrected chi connectivity index (χ1v) is 10.8. The zero-order chi connectivity index (χ0) is 18.1. The van der Waals surface area contributed by atoms with Crippen molar-refractivity contribution in [2.24, 2.45) is 11.5 Å². The number of hydrogen-bond acceptors (Lipinski definition) is 3. The summed E-state index contributed by atoms with van der Waals surface area (Å²) in [5.74, 6) is 0. The van der Waals surface area contributed by atoms with E-state index in [4.69, 9.17) is 15.9 Å². The number of hydrogen-bond donors (Lipinski definition) is 2. The lowest BCUT2D eigenvalue weighted by molar-refractivity contribution is 0.207. The Balaban J connectivity index is 0.00000182. The molecule has 1 aliphatic carbocycles. The van der Waals surface area contributed by atoms with E-state index in [0.29, 0.717) is 0 Å². The maximum atomic E-state index is 6.97. The van der Waals surface area contributed by atoms with Crippen molar-refractivity contribution in [1.82, 2.24) is 0 Å². The van der Waals surface area contributed by atoms with Gasteiger partial charge in [-0.15, -0.1) is 24.8 Å². The molecule has 0 amide bonds. The van der Waals surface area contributed by atoms with E-state index in [9.17, 15) is 0 Å².